The molecule has 2 aromatic rings. The molecule has 166 valence electrons. The van der Waals surface area contributed by atoms with Gasteiger partial charge in [0.05, 0.1) is 17.3 Å². The van der Waals surface area contributed by atoms with Crippen molar-refractivity contribution in [3.05, 3.63) is 65.2 Å². The molecule has 1 atom stereocenters. The summed E-state index contributed by atoms with van der Waals surface area (Å²) in [5.41, 5.74) is 0.411. The molecule has 5 N–H and O–H groups in total. The van der Waals surface area contributed by atoms with Crippen molar-refractivity contribution in [2.75, 3.05) is 6.61 Å². The van der Waals surface area contributed by atoms with Gasteiger partial charge in [-0.3, -0.25) is 4.79 Å². The van der Waals surface area contributed by atoms with Gasteiger partial charge in [0, 0.05) is 5.56 Å². The summed E-state index contributed by atoms with van der Waals surface area (Å²) in [5.74, 6) is 3.55. The van der Waals surface area contributed by atoms with Crippen LogP contribution in [-0.2, 0) is 4.84 Å². The van der Waals surface area contributed by atoms with Crippen molar-refractivity contribution < 1.29 is 37.8 Å². The summed E-state index contributed by atoms with van der Waals surface area (Å²) in [5, 5.41) is 21.4. The van der Waals surface area contributed by atoms with E-state index < -0.39 is 30.7 Å². The number of phenolic OH excluding ortho intramolecular Hbond substituents is 1. The molecule has 31 heavy (non-hydrogen) atoms. The third kappa shape index (κ3) is 6.88. The number of phenols is 1. The standard InChI is InChI=1S/C19H17ClF3N3O5/c1-10(11-2-5-13(6-3-11)30-19(21,22)23)25-18(31-24)15(9-27)26-17(29)12-4-7-16(28)14(20)8-12/h2-8,15,27-28H,1,9,24H2,(H,26,29)/t15-/m0/s1. The Balaban J connectivity index is 2.16. The van der Waals surface area contributed by atoms with Crippen LogP contribution in [0, 0.1) is 0 Å². The molecule has 0 aromatic heterocycles. The number of benzene rings is 2. The quantitative estimate of drug-likeness (QED) is 0.286. The van der Waals surface area contributed by atoms with Gasteiger partial charge in [-0.15, -0.1) is 13.2 Å². The largest absolute Gasteiger partial charge is 0.573 e. The maximum Gasteiger partial charge on any atom is 0.573 e. The number of halogens is 4. The molecule has 0 unspecified atom stereocenters. The van der Waals surface area contributed by atoms with E-state index in [4.69, 9.17) is 17.5 Å². The van der Waals surface area contributed by atoms with Gasteiger partial charge in [-0.05, 0) is 48.0 Å². The Hall–Kier alpha value is -3.28. The maximum absolute atomic E-state index is 12.4. The number of hydrogen-bond donors (Lipinski definition) is 4. The number of hydrogen-bond acceptors (Lipinski definition) is 7. The van der Waals surface area contributed by atoms with Crippen LogP contribution in [0.3, 0.4) is 0 Å². The molecular formula is C19H17ClF3N3O5. The summed E-state index contributed by atoms with van der Waals surface area (Å²) in [6.45, 7) is 3.01. The zero-order chi connectivity index (χ0) is 23.2. The number of amides is 1. The minimum absolute atomic E-state index is 0.0272. The van der Waals surface area contributed by atoms with Crippen molar-refractivity contribution in [1.29, 1.82) is 0 Å². The van der Waals surface area contributed by atoms with E-state index in [9.17, 15) is 28.2 Å². The smallest absolute Gasteiger partial charge is 0.506 e. The van der Waals surface area contributed by atoms with Crippen LogP contribution in [-0.4, -0.2) is 41.0 Å². The van der Waals surface area contributed by atoms with Crippen LogP contribution in [0.2, 0.25) is 5.02 Å². The van der Waals surface area contributed by atoms with E-state index in [0.717, 1.165) is 12.1 Å². The Kier molecular flexibility index (Phi) is 7.86. The summed E-state index contributed by atoms with van der Waals surface area (Å²) in [7, 11) is 0. The van der Waals surface area contributed by atoms with Crippen LogP contribution in [0.4, 0.5) is 13.2 Å². The molecule has 0 fully saturated rings. The van der Waals surface area contributed by atoms with Crippen LogP contribution in [0.25, 0.3) is 5.70 Å². The van der Waals surface area contributed by atoms with Crippen molar-refractivity contribution >= 4 is 29.1 Å². The molecule has 0 spiro atoms. The Morgan fingerprint density at radius 2 is 1.84 bits per heavy atom. The number of aliphatic imine (C=N–C) groups is 1. The van der Waals surface area contributed by atoms with E-state index in [1.807, 2.05) is 0 Å². The molecule has 0 aliphatic rings. The number of aromatic hydroxyl groups is 1. The predicted octanol–water partition coefficient (Wildman–Crippen LogP) is 2.99. The van der Waals surface area contributed by atoms with Crippen molar-refractivity contribution in [2.24, 2.45) is 10.9 Å². The summed E-state index contributed by atoms with van der Waals surface area (Å²) in [4.78, 5) is 21.0. The molecule has 0 radical (unpaired) electrons. The van der Waals surface area contributed by atoms with E-state index in [0.29, 0.717) is 5.56 Å². The number of ether oxygens (including phenoxy) is 1. The fourth-order valence-electron chi connectivity index (χ4n) is 2.31. The van der Waals surface area contributed by atoms with Crippen LogP contribution in [0.5, 0.6) is 11.5 Å². The molecule has 2 aromatic carbocycles. The number of aliphatic hydroxyl groups excluding tert-OH is 1. The van der Waals surface area contributed by atoms with Gasteiger partial charge in [0.1, 0.15) is 17.5 Å². The Morgan fingerprint density at radius 3 is 2.35 bits per heavy atom. The normalized spacial score (nSPS) is 12.8. The highest BCUT2D eigenvalue weighted by Gasteiger charge is 2.31. The van der Waals surface area contributed by atoms with Crippen molar-refractivity contribution in [2.45, 2.75) is 12.4 Å². The third-order valence-corrected chi connectivity index (χ3v) is 4.09. The van der Waals surface area contributed by atoms with E-state index in [-0.39, 0.29) is 27.9 Å². The first-order valence-corrected chi connectivity index (χ1v) is 8.82. The van der Waals surface area contributed by atoms with Gasteiger partial charge in [-0.25, -0.2) is 4.99 Å². The molecule has 0 aliphatic carbocycles. The highest BCUT2D eigenvalue weighted by molar-refractivity contribution is 6.32. The molecule has 2 rings (SSSR count). The first kappa shape index (κ1) is 24.0. The lowest BCUT2D eigenvalue weighted by Crippen LogP contribution is -2.45. The fourth-order valence-corrected chi connectivity index (χ4v) is 2.49. The number of aliphatic hydroxyl groups is 1. The van der Waals surface area contributed by atoms with Gasteiger partial charge >= 0.3 is 6.36 Å². The van der Waals surface area contributed by atoms with Gasteiger partial charge < -0.3 is 25.1 Å². The summed E-state index contributed by atoms with van der Waals surface area (Å²) < 4.78 is 40.5. The van der Waals surface area contributed by atoms with E-state index in [1.165, 1.54) is 30.3 Å². The lowest BCUT2D eigenvalue weighted by molar-refractivity contribution is -0.274. The van der Waals surface area contributed by atoms with Crippen LogP contribution < -0.4 is 16.0 Å². The van der Waals surface area contributed by atoms with Gasteiger partial charge in [-0.1, -0.05) is 18.2 Å². The Morgan fingerprint density at radius 1 is 1.23 bits per heavy atom. The molecule has 0 saturated carbocycles. The average molecular weight is 460 g/mol. The van der Waals surface area contributed by atoms with E-state index >= 15 is 0 Å². The summed E-state index contributed by atoms with van der Waals surface area (Å²) >= 11 is 5.77. The van der Waals surface area contributed by atoms with Gasteiger partial charge in [0.15, 0.2) is 0 Å². The lowest BCUT2D eigenvalue weighted by atomic mass is 10.1. The third-order valence-electron chi connectivity index (χ3n) is 3.78. The molecule has 12 heteroatoms. The van der Waals surface area contributed by atoms with Crippen molar-refractivity contribution in [3.63, 3.8) is 0 Å². The first-order chi connectivity index (χ1) is 14.5. The van der Waals surface area contributed by atoms with Gasteiger partial charge in [0.25, 0.3) is 5.91 Å². The summed E-state index contributed by atoms with van der Waals surface area (Å²) in [6.07, 6.45) is -4.83. The monoisotopic (exact) mass is 459 g/mol. The number of rotatable bonds is 7. The second-order valence-corrected chi connectivity index (χ2v) is 6.37. The molecule has 0 heterocycles. The van der Waals surface area contributed by atoms with Crippen molar-refractivity contribution in [1.82, 2.24) is 5.32 Å². The first-order valence-electron chi connectivity index (χ1n) is 8.44. The van der Waals surface area contributed by atoms with Crippen molar-refractivity contribution in [3.8, 4) is 11.5 Å². The SMILES string of the molecule is C=C(N=C(ON)[C@H](CO)NC(=O)c1ccc(O)c(Cl)c1)c1ccc(OC(F)(F)F)cc1. The van der Waals surface area contributed by atoms with E-state index in [1.54, 1.807) is 0 Å². The maximum atomic E-state index is 12.4. The molecule has 0 bridgehead atoms. The van der Waals surface area contributed by atoms with Gasteiger partial charge in [0.2, 0.25) is 5.90 Å². The van der Waals surface area contributed by atoms with Crippen LogP contribution in [0.15, 0.2) is 54.0 Å². The molecular weight excluding hydrogens is 443 g/mol. The number of nitrogens with one attached hydrogen (secondary N) is 1. The number of nitrogens with two attached hydrogens (primary N) is 1. The van der Waals surface area contributed by atoms with Gasteiger partial charge in [-0.2, -0.15) is 5.90 Å². The fraction of sp³-hybridized carbons (Fsp3) is 0.158. The zero-order valence-corrected chi connectivity index (χ0v) is 16.4. The molecule has 0 saturated heterocycles. The molecule has 1 amide bonds. The highest BCUT2D eigenvalue weighted by atomic mass is 35.5. The second-order valence-electron chi connectivity index (χ2n) is 5.96. The number of nitrogens with zero attached hydrogens (tertiary/aromatic N) is 1. The second kappa shape index (κ2) is 10.2. The highest BCUT2D eigenvalue weighted by Crippen LogP contribution is 2.25. The summed E-state index contributed by atoms with van der Waals surface area (Å²) in [6, 6.07) is 7.21. The minimum atomic E-state index is -4.83. The topological polar surface area (TPSA) is 126 Å². The van der Waals surface area contributed by atoms with E-state index in [2.05, 4.69) is 26.5 Å². The molecule has 8 nitrogen and oxygen atoms in total. The van der Waals surface area contributed by atoms with Crippen LogP contribution in [0.1, 0.15) is 15.9 Å². The number of carbonyl (C=O) groups excluding carboxylic acids is 1. The molecule has 0 aliphatic heterocycles. The number of carbonyl (C=O) groups is 1. The average Bonchev–Trinajstić information content (AvgIpc) is 2.71. The zero-order valence-electron chi connectivity index (χ0n) is 15.7. The minimum Gasteiger partial charge on any atom is -0.506 e. The van der Waals surface area contributed by atoms with Crippen LogP contribution >= 0.6 is 11.6 Å². The predicted molar refractivity (Wildman–Crippen MR) is 106 cm³/mol. The Labute approximate surface area is 179 Å². The Bertz CT molecular complexity index is 981. The lowest BCUT2D eigenvalue weighted by Gasteiger charge is -2.17. The number of alkyl halides is 3.